The summed E-state index contributed by atoms with van der Waals surface area (Å²) < 4.78 is 61.0. The number of benzene rings is 2. The number of sulfonamides is 1. The van der Waals surface area contributed by atoms with Crippen molar-refractivity contribution in [2.24, 2.45) is 0 Å². The van der Waals surface area contributed by atoms with Crippen molar-refractivity contribution < 1.29 is 31.5 Å². The van der Waals surface area contributed by atoms with E-state index in [-0.39, 0.29) is 24.0 Å². The van der Waals surface area contributed by atoms with Gasteiger partial charge in [0.15, 0.2) is 6.10 Å². The van der Waals surface area contributed by atoms with Gasteiger partial charge in [-0.1, -0.05) is 6.07 Å². The molecule has 1 amide bonds. The van der Waals surface area contributed by atoms with Gasteiger partial charge in [-0.05, 0) is 48.9 Å². The van der Waals surface area contributed by atoms with Crippen molar-refractivity contribution in [1.29, 1.82) is 0 Å². The fraction of sp³-hybridized carbons (Fsp3) is 0.267. The van der Waals surface area contributed by atoms with E-state index >= 15 is 0 Å². The summed E-state index contributed by atoms with van der Waals surface area (Å²) in [5, 5.41) is 0.862. The fourth-order valence-corrected chi connectivity index (χ4v) is 6.51. The predicted molar refractivity (Wildman–Crippen MR) is 155 cm³/mol. The lowest BCUT2D eigenvalue weighted by atomic mass is 10.0. The van der Waals surface area contributed by atoms with Gasteiger partial charge in [0.25, 0.3) is 15.9 Å². The number of aryl methyl sites for hydroxylation is 1. The highest BCUT2D eigenvalue weighted by Crippen LogP contribution is 2.33. The molecule has 2 aliphatic rings. The number of nitrogens with one attached hydrogen (secondary N) is 1. The number of aromatic nitrogens is 2. The highest BCUT2D eigenvalue weighted by atomic mass is 32.2. The minimum absolute atomic E-state index is 0.154. The van der Waals surface area contributed by atoms with Crippen LogP contribution in [-0.2, 0) is 24.3 Å². The molecular formula is C30H27F2N5O5S. The van der Waals surface area contributed by atoms with Crippen LogP contribution in [0, 0.1) is 18.6 Å². The first-order valence-electron chi connectivity index (χ1n) is 13.7. The zero-order valence-electron chi connectivity index (χ0n) is 23.1. The monoisotopic (exact) mass is 607 g/mol. The Balaban J connectivity index is 1.25. The molecule has 0 aliphatic carbocycles. The van der Waals surface area contributed by atoms with E-state index in [9.17, 15) is 26.8 Å². The number of ether oxygens (including phenoxy) is 1. The van der Waals surface area contributed by atoms with Crippen molar-refractivity contribution in [1.82, 2.24) is 14.9 Å². The van der Waals surface area contributed by atoms with Gasteiger partial charge in [-0.3, -0.25) is 24.3 Å². The summed E-state index contributed by atoms with van der Waals surface area (Å²) in [6, 6.07) is 11.4. The third-order valence-electron chi connectivity index (χ3n) is 7.66. The Kier molecular flexibility index (Phi) is 7.42. The predicted octanol–water partition coefficient (Wildman–Crippen LogP) is 4.04. The Morgan fingerprint density at radius 3 is 2.51 bits per heavy atom. The van der Waals surface area contributed by atoms with Crippen molar-refractivity contribution in [3.63, 3.8) is 0 Å². The van der Waals surface area contributed by atoms with Crippen molar-refractivity contribution in [3.8, 4) is 11.1 Å². The van der Waals surface area contributed by atoms with Gasteiger partial charge >= 0.3 is 5.97 Å². The Bertz CT molecular complexity index is 1860. The quantitative estimate of drug-likeness (QED) is 0.326. The number of hydrogen-bond acceptors (Lipinski definition) is 8. The maximum Gasteiger partial charge on any atom is 0.306 e. The molecule has 6 rings (SSSR count). The van der Waals surface area contributed by atoms with E-state index in [1.165, 1.54) is 0 Å². The lowest BCUT2D eigenvalue weighted by Gasteiger charge is -2.37. The summed E-state index contributed by atoms with van der Waals surface area (Å²) >= 11 is 0. The van der Waals surface area contributed by atoms with Gasteiger partial charge in [-0.2, -0.15) is 0 Å². The van der Waals surface area contributed by atoms with Crippen LogP contribution in [0.25, 0.3) is 22.0 Å². The van der Waals surface area contributed by atoms with Crippen LogP contribution >= 0.6 is 0 Å². The summed E-state index contributed by atoms with van der Waals surface area (Å²) in [6.45, 7) is 3.74. The van der Waals surface area contributed by atoms with Crippen LogP contribution in [0.15, 0.2) is 65.8 Å². The Hall–Kier alpha value is -4.65. The average molecular weight is 608 g/mol. The molecule has 4 heterocycles. The molecule has 2 aromatic heterocycles. The standard InChI is InChI=1S/C30H27F2N5O5S/c1-18-25(35-43(40,41)28-6-3-21(31)16-23(28)32)15-20(17-34-18)19-2-4-24-22(14-19)26(8-9-33-24)36-10-12-37(13-11-36)30(39)27-5-7-29(38)42-27/h2-4,6,8-9,14-17,27,35H,5,7,10-13H2,1H3. The Morgan fingerprint density at radius 2 is 1.79 bits per heavy atom. The molecule has 0 spiro atoms. The third kappa shape index (κ3) is 5.72. The number of fused-ring (bicyclic) bond motifs is 1. The second-order valence-corrected chi connectivity index (χ2v) is 12.1. The minimum atomic E-state index is -4.36. The van der Waals surface area contributed by atoms with Crippen LogP contribution in [0.3, 0.4) is 0 Å². The number of hydrogen-bond donors (Lipinski definition) is 1. The van der Waals surface area contributed by atoms with Gasteiger partial charge in [-0.25, -0.2) is 17.2 Å². The average Bonchev–Trinajstić information content (AvgIpc) is 3.43. The first-order valence-corrected chi connectivity index (χ1v) is 15.1. The van der Waals surface area contributed by atoms with Crippen molar-refractivity contribution in [2.75, 3.05) is 35.8 Å². The zero-order valence-corrected chi connectivity index (χ0v) is 23.9. The molecule has 2 saturated heterocycles. The van der Waals surface area contributed by atoms with E-state index in [2.05, 4.69) is 19.6 Å². The van der Waals surface area contributed by atoms with Crippen molar-refractivity contribution in [2.45, 2.75) is 30.8 Å². The highest BCUT2D eigenvalue weighted by molar-refractivity contribution is 7.92. The van der Waals surface area contributed by atoms with E-state index < -0.39 is 32.7 Å². The van der Waals surface area contributed by atoms with Crippen LogP contribution in [0.4, 0.5) is 20.2 Å². The highest BCUT2D eigenvalue weighted by Gasteiger charge is 2.34. The molecule has 2 aliphatic heterocycles. The minimum Gasteiger partial charge on any atom is -0.452 e. The number of carbonyl (C=O) groups excluding carboxylic acids is 2. The lowest BCUT2D eigenvalue weighted by Crippen LogP contribution is -2.51. The summed E-state index contributed by atoms with van der Waals surface area (Å²) in [6.07, 6.45) is 3.31. The van der Waals surface area contributed by atoms with E-state index in [0.29, 0.717) is 49.9 Å². The van der Waals surface area contributed by atoms with Crippen LogP contribution < -0.4 is 9.62 Å². The topological polar surface area (TPSA) is 122 Å². The number of rotatable bonds is 6. The number of nitrogens with zero attached hydrogens (tertiary/aromatic N) is 4. The smallest absolute Gasteiger partial charge is 0.306 e. The maximum absolute atomic E-state index is 14.3. The normalized spacial score (nSPS) is 17.3. The van der Waals surface area contributed by atoms with Gasteiger partial charge in [0, 0.05) is 74.1 Å². The lowest BCUT2D eigenvalue weighted by molar-refractivity contribution is -0.153. The fourth-order valence-electron chi connectivity index (χ4n) is 5.34. The van der Waals surface area contributed by atoms with Crippen LogP contribution in [0.1, 0.15) is 18.5 Å². The molecular weight excluding hydrogens is 580 g/mol. The van der Waals surface area contributed by atoms with E-state index in [1.54, 1.807) is 30.3 Å². The molecule has 2 fully saturated rings. The summed E-state index contributed by atoms with van der Waals surface area (Å²) in [5.74, 6) is -2.58. The first kappa shape index (κ1) is 28.5. The summed E-state index contributed by atoms with van der Waals surface area (Å²) in [7, 11) is -4.36. The number of amides is 1. The molecule has 0 saturated carbocycles. The Labute approximate surface area is 246 Å². The molecule has 1 N–H and O–H groups in total. The molecule has 43 heavy (non-hydrogen) atoms. The molecule has 0 bridgehead atoms. The SMILES string of the molecule is Cc1ncc(-c2ccc3nccc(N4CCN(C(=O)C5CCC(=O)O5)CC4)c3c2)cc1NS(=O)(=O)c1ccc(F)cc1F. The largest absolute Gasteiger partial charge is 0.452 e. The van der Waals surface area contributed by atoms with Gasteiger partial charge in [0.05, 0.1) is 16.9 Å². The second kappa shape index (κ2) is 11.2. The van der Waals surface area contributed by atoms with Gasteiger partial charge in [-0.15, -0.1) is 0 Å². The van der Waals surface area contributed by atoms with Gasteiger partial charge < -0.3 is 14.5 Å². The number of pyridine rings is 2. The van der Waals surface area contributed by atoms with Crippen LogP contribution in [0.5, 0.6) is 0 Å². The van der Waals surface area contributed by atoms with Crippen LogP contribution in [0.2, 0.25) is 0 Å². The number of anilines is 2. The first-order chi connectivity index (χ1) is 20.6. The third-order valence-corrected chi connectivity index (χ3v) is 9.06. The molecule has 2 aromatic carbocycles. The molecule has 13 heteroatoms. The molecule has 222 valence electrons. The maximum atomic E-state index is 14.3. The van der Waals surface area contributed by atoms with E-state index in [0.717, 1.165) is 34.3 Å². The second-order valence-electron chi connectivity index (χ2n) is 10.4. The number of halogens is 2. The molecule has 0 radical (unpaired) electrons. The van der Waals surface area contributed by atoms with Crippen molar-refractivity contribution in [3.05, 3.63) is 78.3 Å². The summed E-state index contributed by atoms with van der Waals surface area (Å²) in [5.41, 5.74) is 3.57. The molecule has 1 atom stereocenters. The number of cyclic esters (lactones) is 1. The molecule has 1 unspecified atom stereocenters. The molecule has 10 nitrogen and oxygen atoms in total. The van der Waals surface area contributed by atoms with E-state index in [1.807, 2.05) is 24.3 Å². The summed E-state index contributed by atoms with van der Waals surface area (Å²) in [4.78, 5) is 36.3. The molecule has 4 aromatic rings. The zero-order chi connectivity index (χ0) is 30.3. The van der Waals surface area contributed by atoms with Gasteiger partial charge in [0.1, 0.15) is 16.5 Å². The number of carbonyl (C=O) groups is 2. The Morgan fingerprint density at radius 1 is 1.00 bits per heavy atom. The van der Waals surface area contributed by atoms with Crippen LogP contribution in [-0.4, -0.2) is 67.4 Å². The van der Waals surface area contributed by atoms with Gasteiger partial charge in [0.2, 0.25) is 0 Å². The van der Waals surface area contributed by atoms with Crippen molar-refractivity contribution >= 4 is 44.2 Å². The van der Waals surface area contributed by atoms with E-state index in [4.69, 9.17) is 4.74 Å². The number of piperazine rings is 1. The number of esters is 1.